The Bertz CT molecular complexity index is 991. The molecule has 0 saturated heterocycles. The van der Waals surface area contributed by atoms with Crippen LogP contribution in [0.4, 0.5) is 0 Å². The normalized spacial score (nSPS) is 14.1. The highest BCUT2D eigenvalue weighted by atomic mass is 35.5. The van der Waals surface area contributed by atoms with Gasteiger partial charge in [-0.05, 0) is 43.4 Å². The number of unbranched alkanes of at least 4 members (excludes halogenated alkanes) is 1. The quantitative estimate of drug-likeness (QED) is 0.632. The van der Waals surface area contributed by atoms with Gasteiger partial charge >= 0.3 is 0 Å². The molecule has 2 aromatic heterocycles. The minimum Gasteiger partial charge on any atom is -0.492 e. The van der Waals surface area contributed by atoms with Crippen LogP contribution < -0.4 is 10.3 Å². The molecule has 0 spiro atoms. The van der Waals surface area contributed by atoms with Crippen molar-refractivity contribution >= 4 is 17.2 Å². The van der Waals surface area contributed by atoms with Crippen LogP contribution in [0.5, 0.6) is 5.75 Å². The maximum absolute atomic E-state index is 12.5. The Hall–Kier alpha value is -2.34. The molecule has 1 aliphatic carbocycles. The van der Waals surface area contributed by atoms with Gasteiger partial charge in [0.25, 0.3) is 5.56 Å². The summed E-state index contributed by atoms with van der Waals surface area (Å²) in [5.74, 6) is 1.36. The van der Waals surface area contributed by atoms with Gasteiger partial charge < -0.3 is 4.74 Å². The number of aromatic nitrogens is 4. The second kappa shape index (κ2) is 7.11. The number of hydrogen-bond donors (Lipinski definition) is 0. The minimum atomic E-state index is -0.129. The van der Waals surface area contributed by atoms with Gasteiger partial charge in [-0.1, -0.05) is 24.9 Å². The summed E-state index contributed by atoms with van der Waals surface area (Å²) in [5.41, 5.74) is 1.77. The number of benzene rings is 1. The number of halogens is 1. The van der Waals surface area contributed by atoms with Crippen molar-refractivity contribution in [1.82, 2.24) is 19.2 Å². The molecule has 1 fully saturated rings. The first kappa shape index (κ1) is 17.1. The van der Waals surface area contributed by atoms with E-state index >= 15 is 0 Å². The molecule has 7 heteroatoms. The molecule has 0 amide bonds. The Balaban J connectivity index is 1.64. The third kappa shape index (κ3) is 3.33. The van der Waals surface area contributed by atoms with Crippen LogP contribution in [0.15, 0.2) is 35.5 Å². The number of aryl methyl sites for hydroxylation is 1. The van der Waals surface area contributed by atoms with Crippen molar-refractivity contribution in [2.24, 2.45) is 5.92 Å². The van der Waals surface area contributed by atoms with Gasteiger partial charge in [0.2, 0.25) is 5.65 Å². The Morgan fingerprint density at radius 1 is 1.35 bits per heavy atom. The molecule has 0 aliphatic heterocycles. The molecule has 0 N–H and O–H groups in total. The fourth-order valence-corrected chi connectivity index (χ4v) is 3.09. The third-order valence-electron chi connectivity index (χ3n) is 4.65. The van der Waals surface area contributed by atoms with Gasteiger partial charge in [-0.3, -0.25) is 9.36 Å². The van der Waals surface area contributed by atoms with Crippen LogP contribution in [0.1, 0.15) is 32.6 Å². The monoisotopic (exact) mass is 372 g/mol. The lowest BCUT2D eigenvalue weighted by atomic mass is 10.1. The van der Waals surface area contributed by atoms with Gasteiger partial charge in [0, 0.05) is 12.1 Å². The van der Waals surface area contributed by atoms with Crippen LogP contribution in [0, 0.1) is 5.92 Å². The highest BCUT2D eigenvalue weighted by molar-refractivity contribution is 6.32. The van der Waals surface area contributed by atoms with E-state index in [9.17, 15) is 4.79 Å². The van der Waals surface area contributed by atoms with Gasteiger partial charge in [0.15, 0.2) is 0 Å². The number of fused-ring (bicyclic) bond motifs is 1. The second-order valence-electron chi connectivity index (χ2n) is 6.76. The second-order valence-corrected chi connectivity index (χ2v) is 7.17. The summed E-state index contributed by atoms with van der Waals surface area (Å²) in [4.78, 5) is 16.8. The van der Waals surface area contributed by atoms with Gasteiger partial charge in [0.05, 0.1) is 23.5 Å². The maximum atomic E-state index is 12.5. The summed E-state index contributed by atoms with van der Waals surface area (Å²) in [5, 5.41) is 4.94. The first-order valence-corrected chi connectivity index (χ1v) is 9.41. The molecule has 0 bridgehead atoms. The highest BCUT2D eigenvalue weighted by Gasteiger charge is 2.22. The van der Waals surface area contributed by atoms with Crippen molar-refractivity contribution < 1.29 is 4.74 Å². The average Bonchev–Trinajstić information content (AvgIpc) is 3.37. The van der Waals surface area contributed by atoms with E-state index in [0.29, 0.717) is 35.5 Å². The molecular formula is C19H21ClN4O2. The number of hydrogen-bond acceptors (Lipinski definition) is 4. The predicted octanol–water partition coefficient (Wildman–Crippen LogP) is 3.80. The van der Waals surface area contributed by atoms with E-state index < -0.39 is 0 Å². The van der Waals surface area contributed by atoms with Gasteiger partial charge in [-0.25, -0.2) is 9.50 Å². The number of ether oxygens (including phenoxy) is 1. The van der Waals surface area contributed by atoms with Crippen molar-refractivity contribution in [3.63, 3.8) is 0 Å². The molecule has 1 saturated carbocycles. The molecule has 0 unspecified atom stereocenters. The maximum Gasteiger partial charge on any atom is 0.296 e. The predicted molar refractivity (Wildman–Crippen MR) is 101 cm³/mol. The van der Waals surface area contributed by atoms with Crippen molar-refractivity contribution in [2.75, 3.05) is 6.61 Å². The van der Waals surface area contributed by atoms with Crippen LogP contribution >= 0.6 is 11.6 Å². The summed E-state index contributed by atoms with van der Waals surface area (Å²) in [6.45, 7) is 3.46. The van der Waals surface area contributed by atoms with E-state index in [0.717, 1.165) is 24.1 Å². The number of rotatable bonds is 7. The molecule has 1 aliphatic rings. The molecule has 0 radical (unpaired) electrons. The zero-order valence-corrected chi connectivity index (χ0v) is 15.4. The smallest absolute Gasteiger partial charge is 0.296 e. The molecule has 1 aromatic carbocycles. The Kier molecular flexibility index (Phi) is 4.68. The first-order valence-electron chi connectivity index (χ1n) is 9.03. The van der Waals surface area contributed by atoms with Crippen molar-refractivity contribution in [2.45, 2.75) is 39.2 Å². The first-order chi connectivity index (χ1) is 12.7. The molecule has 3 aromatic rings. The SMILES string of the molecule is CCCCn1cnn2c(-c3ccc(OCC4CC4)c(Cl)c3)cnc2c1=O. The van der Waals surface area contributed by atoms with E-state index in [2.05, 4.69) is 17.0 Å². The number of imidazole rings is 1. The van der Waals surface area contributed by atoms with E-state index in [1.807, 2.05) is 18.2 Å². The molecular weight excluding hydrogens is 352 g/mol. The lowest BCUT2D eigenvalue weighted by molar-refractivity contribution is 0.300. The molecule has 0 atom stereocenters. The number of nitrogens with zero attached hydrogens (tertiary/aromatic N) is 4. The van der Waals surface area contributed by atoms with E-state index in [4.69, 9.17) is 16.3 Å². The van der Waals surface area contributed by atoms with E-state index in [1.165, 1.54) is 12.8 Å². The van der Waals surface area contributed by atoms with Gasteiger partial charge in [0.1, 0.15) is 12.1 Å². The van der Waals surface area contributed by atoms with Crippen LogP contribution in [0.25, 0.3) is 16.9 Å². The zero-order valence-electron chi connectivity index (χ0n) is 14.7. The molecule has 6 nitrogen and oxygen atoms in total. The summed E-state index contributed by atoms with van der Waals surface area (Å²) < 4.78 is 8.95. The topological polar surface area (TPSA) is 61.4 Å². The van der Waals surface area contributed by atoms with Crippen LogP contribution in [0.3, 0.4) is 0 Å². The summed E-state index contributed by atoms with van der Waals surface area (Å²) >= 11 is 6.37. The van der Waals surface area contributed by atoms with Crippen molar-refractivity contribution in [1.29, 1.82) is 0 Å². The van der Waals surface area contributed by atoms with Crippen LogP contribution in [0.2, 0.25) is 5.02 Å². The largest absolute Gasteiger partial charge is 0.492 e. The Labute approximate surface area is 156 Å². The fourth-order valence-electron chi connectivity index (χ4n) is 2.86. The summed E-state index contributed by atoms with van der Waals surface area (Å²) in [6.07, 6.45) is 7.65. The lowest BCUT2D eigenvalue weighted by Crippen LogP contribution is -2.23. The third-order valence-corrected chi connectivity index (χ3v) is 4.94. The molecule has 26 heavy (non-hydrogen) atoms. The van der Waals surface area contributed by atoms with Gasteiger partial charge in [-0.15, -0.1) is 0 Å². The zero-order chi connectivity index (χ0) is 18.1. The van der Waals surface area contributed by atoms with Crippen LogP contribution in [-0.4, -0.2) is 25.8 Å². The molecule has 4 rings (SSSR count). The standard InChI is InChI=1S/C19H21ClN4O2/c1-2-3-8-23-12-22-24-16(10-21-18(24)19(23)25)14-6-7-17(15(20)9-14)26-11-13-4-5-13/h6-7,9-10,12-13H,2-5,8,11H2,1H3. The lowest BCUT2D eigenvalue weighted by Gasteiger charge is -2.09. The van der Waals surface area contributed by atoms with Crippen molar-refractivity contribution in [3.8, 4) is 17.0 Å². The minimum absolute atomic E-state index is 0.129. The Morgan fingerprint density at radius 2 is 2.19 bits per heavy atom. The highest BCUT2D eigenvalue weighted by Crippen LogP contribution is 2.33. The average molecular weight is 373 g/mol. The van der Waals surface area contributed by atoms with E-state index in [-0.39, 0.29) is 5.56 Å². The Morgan fingerprint density at radius 3 is 2.92 bits per heavy atom. The summed E-state index contributed by atoms with van der Waals surface area (Å²) in [7, 11) is 0. The fraction of sp³-hybridized carbons (Fsp3) is 0.421. The molecule has 2 heterocycles. The van der Waals surface area contributed by atoms with Gasteiger partial charge in [-0.2, -0.15) is 5.10 Å². The molecule has 136 valence electrons. The summed E-state index contributed by atoms with van der Waals surface area (Å²) in [6, 6.07) is 5.61. The van der Waals surface area contributed by atoms with Crippen molar-refractivity contribution in [3.05, 3.63) is 46.1 Å². The van der Waals surface area contributed by atoms with Crippen LogP contribution in [-0.2, 0) is 6.54 Å². The van der Waals surface area contributed by atoms with E-state index in [1.54, 1.807) is 21.6 Å².